The molecule has 0 fully saturated rings. The van der Waals surface area contributed by atoms with Crippen molar-refractivity contribution in [2.75, 3.05) is 11.1 Å². The highest BCUT2D eigenvalue weighted by atomic mass is 32.2. The van der Waals surface area contributed by atoms with Crippen molar-refractivity contribution in [3.63, 3.8) is 0 Å². The second-order valence-electron chi connectivity index (χ2n) is 7.22. The molecule has 0 bridgehead atoms. The number of nitrogens with one attached hydrogen (secondary N) is 1. The zero-order valence-corrected chi connectivity index (χ0v) is 18.9. The number of ether oxygens (including phenoxy) is 1. The summed E-state index contributed by atoms with van der Waals surface area (Å²) >= 11 is 2.63. The molecule has 0 radical (unpaired) electrons. The largest absolute Gasteiger partial charge is 0.452 e. The molecule has 0 saturated carbocycles. The molecule has 30 heavy (non-hydrogen) atoms. The van der Waals surface area contributed by atoms with Crippen molar-refractivity contribution in [1.29, 1.82) is 5.26 Å². The van der Waals surface area contributed by atoms with Gasteiger partial charge in [-0.15, -0.1) is 11.3 Å². The Morgan fingerprint density at radius 1 is 1.27 bits per heavy atom. The van der Waals surface area contributed by atoms with Gasteiger partial charge in [0.05, 0.1) is 11.3 Å². The highest BCUT2D eigenvalue weighted by Gasteiger charge is 2.24. The van der Waals surface area contributed by atoms with Gasteiger partial charge in [0.15, 0.2) is 11.3 Å². The van der Waals surface area contributed by atoms with Gasteiger partial charge in [-0.1, -0.05) is 18.2 Å². The van der Waals surface area contributed by atoms with E-state index in [1.54, 1.807) is 0 Å². The summed E-state index contributed by atoms with van der Waals surface area (Å²) in [5.74, 6) is -0.950. The van der Waals surface area contributed by atoms with Gasteiger partial charge in [0.25, 0.3) is 5.91 Å². The van der Waals surface area contributed by atoms with Crippen molar-refractivity contribution >= 4 is 40.0 Å². The third-order valence-electron chi connectivity index (χ3n) is 4.73. The van der Waals surface area contributed by atoms with Crippen LogP contribution >= 0.6 is 23.1 Å². The lowest BCUT2D eigenvalue weighted by molar-refractivity contribution is -0.150. The summed E-state index contributed by atoms with van der Waals surface area (Å²) < 4.78 is 5.26. The molecule has 1 unspecified atom stereocenters. The zero-order chi connectivity index (χ0) is 21.7. The minimum atomic E-state index is -0.966. The third kappa shape index (κ3) is 5.58. The first-order valence-electron chi connectivity index (χ1n) is 9.87. The van der Waals surface area contributed by atoms with E-state index in [-0.39, 0.29) is 5.75 Å². The molecule has 7 nitrogen and oxygen atoms in total. The molecule has 0 spiro atoms. The van der Waals surface area contributed by atoms with Crippen LogP contribution in [-0.4, -0.2) is 33.7 Å². The highest BCUT2D eigenvalue weighted by molar-refractivity contribution is 7.99. The fraction of sp³-hybridized carbons (Fsp3) is 0.476. The van der Waals surface area contributed by atoms with Gasteiger partial charge < -0.3 is 10.1 Å². The molecule has 1 amide bonds. The maximum atomic E-state index is 12.5. The second-order valence-corrected chi connectivity index (χ2v) is 9.27. The summed E-state index contributed by atoms with van der Waals surface area (Å²) in [7, 11) is 0. The molecule has 1 aliphatic carbocycles. The zero-order valence-electron chi connectivity index (χ0n) is 17.3. The molecule has 1 aliphatic rings. The van der Waals surface area contributed by atoms with E-state index in [4.69, 9.17) is 4.74 Å². The van der Waals surface area contributed by atoms with Crippen LogP contribution in [0.3, 0.4) is 0 Å². The number of hydrogen-bond acceptors (Lipinski definition) is 8. The van der Waals surface area contributed by atoms with E-state index in [9.17, 15) is 14.9 Å². The number of aryl methyl sites for hydroxylation is 3. The van der Waals surface area contributed by atoms with Crippen LogP contribution in [0.4, 0.5) is 5.00 Å². The Hall–Kier alpha value is -2.44. The maximum absolute atomic E-state index is 12.5. The van der Waals surface area contributed by atoms with Crippen LogP contribution in [-0.2, 0) is 27.2 Å². The van der Waals surface area contributed by atoms with Gasteiger partial charge >= 0.3 is 5.97 Å². The fourth-order valence-electron chi connectivity index (χ4n) is 3.33. The number of aromatic nitrogens is 2. The number of amides is 1. The van der Waals surface area contributed by atoms with E-state index in [1.165, 1.54) is 34.9 Å². The molecule has 158 valence electrons. The molecule has 1 N–H and O–H groups in total. The van der Waals surface area contributed by atoms with Gasteiger partial charge in [-0.2, -0.15) is 5.26 Å². The van der Waals surface area contributed by atoms with Crippen LogP contribution in [0.2, 0.25) is 0 Å². The molecule has 2 aromatic rings. The van der Waals surface area contributed by atoms with Crippen molar-refractivity contribution in [2.24, 2.45) is 0 Å². The van der Waals surface area contributed by atoms with E-state index in [0.717, 1.165) is 49.1 Å². The molecule has 0 saturated heterocycles. The standard InChI is InChI=1S/C21H24N4O3S2/c1-12-9-13(2)24-21(23-12)29-11-18(26)28-14(3)19(27)25-20-16(10-22)15-7-5-4-6-8-17(15)30-20/h9,14H,4-8,11H2,1-3H3,(H,25,27). The van der Waals surface area contributed by atoms with Gasteiger partial charge in [-0.25, -0.2) is 9.97 Å². The van der Waals surface area contributed by atoms with E-state index in [0.29, 0.717) is 15.7 Å². The second kappa shape index (κ2) is 10.0. The van der Waals surface area contributed by atoms with Gasteiger partial charge in [-0.05, 0) is 58.1 Å². The summed E-state index contributed by atoms with van der Waals surface area (Å²) in [5.41, 5.74) is 3.26. The first-order chi connectivity index (χ1) is 14.4. The number of rotatable bonds is 6. The maximum Gasteiger partial charge on any atom is 0.317 e. The van der Waals surface area contributed by atoms with Crippen molar-refractivity contribution in [2.45, 2.75) is 64.1 Å². The third-order valence-corrected chi connectivity index (χ3v) is 6.76. The number of thiophene rings is 1. The Labute approximate surface area is 184 Å². The van der Waals surface area contributed by atoms with Crippen molar-refractivity contribution < 1.29 is 14.3 Å². The van der Waals surface area contributed by atoms with E-state index in [1.807, 2.05) is 19.9 Å². The number of hydrogen-bond donors (Lipinski definition) is 1. The van der Waals surface area contributed by atoms with Crippen LogP contribution in [0, 0.1) is 25.2 Å². The predicted octanol–water partition coefficient (Wildman–Crippen LogP) is 3.96. The number of nitriles is 1. The Bertz CT molecular complexity index is 977. The lowest BCUT2D eigenvalue weighted by atomic mass is 10.1. The lowest BCUT2D eigenvalue weighted by Gasteiger charge is -2.13. The molecule has 2 heterocycles. The molecule has 0 aromatic carbocycles. The number of fused-ring (bicyclic) bond motifs is 1. The summed E-state index contributed by atoms with van der Waals surface area (Å²) in [4.78, 5) is 34.4. The minimum Gasteiger partial charge on any atom is -0.452 e. The lowest BCUT2D eigenvalue weighted by Crippen LogP contribution is -2.30. The number of thioether (sulfide) groups is 1. The van der Waals surface area contributed by atoms with E-state index in [2.05, 4.69) is 21.4 Å². The quantitative estimate of drug-likeness (QED) is 0.311. The number of carbonyl (C=O) groups is 2. The molecular formula is C21H24N4O3S2. The summed E-state index contributed by atoms with van der Waals surface area (Å²) in [6.07, 6.45) is 4.15. The molecule has 9 heteroatoms. The Morgan fingerprint density at radius 2 is 1.97 bits per heavy atom. The fourth-order valence-corrected chi connectivity index (χ4v) is 5.30. The Kier molecular flexibility index (Phi) is 7.45. The molecule has 0 aliphatic heterocycles. The number of esters is 1. The molecule has 2 aromatic heterocycles. The number of nitrogens with zero attached hydrogens (tertiary/aromatic N) is 3. The minimum absolute atomic E-state index is 0.0112. The molecule has 1 atom stereocenters. The smallest absolute Gasteiger partial charge is 0.317 e. The van der Waals surface area contributed by atoms with Crippen LogP contribution in [0.5, 0.6) is 0 Å². The summed E-state index contributed by atoms with van der Waals surface area (Å²) in [6, 6.07) is 4.09. The summed E-state index contributed by atoms with van der Waals surface area (Å²) in [5, 5.41) is 13.4. The Morgan fingerprint density at radius 3 is 2.67 bits per heavy atom. The predicted molar refractivity (Wildman–Crippen MR) is 117 cm³/mol. The number of anilines is 1. The van der Waals surface area contributed by atoms with Crippen LogP contribution in [0.25, 0.3) is 0 Å². The normalized spacial score (nSPS) is 14.2. The van der Waals surface area contributed by atoms with Crippen molar-refractivity contribution in [3.05, 3.63) is 33.5 Å². The highest BCUT2D eigenvalue weighted by Crippen LogP contribution is 2.37. The average Bonchev–Trinajstić information content (AvgIpc) is 2.84. The Balaban J connectivity index is 1.57. The molecule has 3 rings (SSSR count). The van der Waals surface area contributed by atoms with Gasteiger partial charge in [0.2, 0.25) is 0 Å². The monoisotopic (exact) mass is 444 g/mol. The summed E-state index contributed by atoms with van der Waals surface area (Å²) in [6.45, 7) is 5.25. The van der Waals surface area contributed by atoms with Crippen LogP contribution in [0.15, 0.2) is 11.2 Å². The van der Waals surface area contributed by atoms with E-state index >= 15 is 0 Å². The van der Waals surface area contributed by atoms with Gasteiger partial charge in [0.1, 0.15) is 11.1 Å². The SMILES string of the molecule is Cc1cc(C)nc(SCC(=O)OC(C)C(=O)Nc2sc3c(c2C#N)CCCCC3)n1. The van der Waals surface area contributed by atoms with Crippen LogP contribution < -0.4 is 5.32 Å². The first-order valence-corrected chi connectivity index (χ1v) is 11.7. The molecular weight excluding hydrogens is 420 g/mol. The van der Waals surface area contributed by atoms with Crippen molar-refractivity contribution in [3.8, 4) is 6.07 Å². The van der Waals surface area contributed by atoms with Gasteiger partial charge in [0, 0.05) is 16.3 Å². The van der Waals surface area contributed by atoms with E-state index < -0.39 is 18.0 Å². The first kappa shape index (κ1) is 22.2. The topological polar surface area (TPSA) is 105 Å². The van der Waals surface area contributed by atoms with Crippen molar-refractivity contribution in [1.82, 2.24) is 9.97 Å². The van der Waals surface area contributed by atoms with Crippen LogP contribution in [0.1, 0.15) is 53.6 Å². The number of carbonyl (C=O) groups excluding carboxylic acids is 2. The average molecular weight is 445 g/mol. The van der Waals surface area contributed by atoms with Gasteiger partial charge in [-0.3, -0.25) is 9.59 Å².